The minimum absolute atomic E-state index is 0.363. The molecule has 16 heavy (non-hydrogen) atoms. The van der Waals surface area contributed by atoms with Crippen molar-refractivity contribution >= 4 is 28.7 Å². The van der Waals surface area contributed by atoms with Crippen molar-refractivity contribution in [3.63, 3.8) is 0 Å². The van der Waals surface area contributed by atoms with Crippen LogP contribution in [0.1, 0.15) is 0 Å². The van der Waals surface area contributed by atoms with E-state index in [9.17, 15) is 4.91 Å². The standard InChI is InChI=1S/C12H9ClN2O/c13-9-5-1-2-6-10(9)14-11-7-3-4-8-12(11)15-16/h1-8,14H. The predicted molar refractivity (Wildman–Crippen MR) is 66.6 cm³/mol. The second-order valence-corrected chi connectivity index (χ2v) is 3.62. The van der Waals surface area contributed by atoms with E-state index in [2.05, 4.69) is 10.5 Å². The maximum atomic E-state index is 10.6. The number of rotatable bonds is 3. The predicted octanol–water partition coefficient (Wildman–Crippen LogP) is 4.48. The van der Waals surface area contributed by atoms with Gasteiger partial charge in [0.25, 0.3) is 0 Å². The third-order valence-corrected chi connectivity index (χ3v) is 2.48. The normalized spacial score (nSPS) is 9.81. The largest absolute Gasteiger partial charge is 0.352 e. The van der Waals surface area contributed by atoms with E-state index in [-0.39, 0.29) is 0 Å². The molecule has 0 unspecified atom stereocenters. The molecule has 0 saturated heterocycles. The van der Waals surface area contributed by atoms with Gasteiger partial charge in [-0.05, 0) is 29.4 Å². The highest BCUT2D eigenvalue weighted by Gasteiger charge is 2.03. The third-order valence-electron chi connectivity index (χ3n) is 2.15. The zero-order valence-electron chi connectivity index (χ0n) is 8.35. The molecule has 3 nitrogen and oxygen atoms in total. The first-order chi connectivity index (χ1) is 7.81. The fourth-order valence-electron chi connectivity index (χ4n) is 1.37. The lowest BCUT2D eigenvalue weighted by Gasteiger charge is -2.08. The molecule has 0 saturated carbocycles. The second-order valence-electron chi connectivity index (χ2n) is 3.21. The average molecular weight is 233 g/mol. The summed E-state index contributed by atoms with van der Waals surface area (Å²) in [5.74, 6) is 0. The van der Waals surface area contributed by atoms with Crippen LogP contribution in [-0.2, 0) is 0 Å². The molecule has 2 aromatic rings. The summed E-state index contributed by atoms with van der Waals surface area (Å²) in [6.07, 6.45) is 0. The van der Waals surface area contributed by atoms with Gasteiger partial charge < -0.3 is 5.32 Å². The van der Waals surface area contributed by atoms with Crippen LogP contribution in [0.15, 0.2) is 53.7 Å². The quantitative estimate of drug-likeness (QED) is 0.793. The van der Waals surface area contributed by atoms with Crippen LogP contribution in [0, 0.1) is 4.91 Å². The monoisotopic (exact) mass is 232 g/mol. The Kier molecular flexibility index (Phi) is 3.17. The van der Waals surface area contributed by atoms with Crippen LogP contribution in [0.25, 0.3) is 0 Å². The Morgan fingerprint density at radius 3 is 2.25 bits per heavy atom. The Labute approximate surface area is 98.0 Å². The number of halogens is 1. The molecule has 0 heterocycles. The van der Waals surface area contributed by atoms with Gasteiger partial charge in [0, 0.05) is 0 Å². The number of benzene rings is 2. The first-order valence-electron chi connectivity index (χ1n) is 4.75. The molecule has 0 aliphatic heterocycles. The topological polar surface area (TPSA) is 41.5 Å². The number of nitrogens with one attached hydrogen (secondary N) is 1. The van der Waals surface area contributed by atoms with Crippen molar-refractivity contribution in [3.05, 3.63) is 58.5 Å². The minimum Gasteiger partial charge on any atom is -0.352 e. The Hall–Kier alpha value is -1.87. The maximum absolute atomic E-state index is 10.6. The first kappa shape index (κ1) is 10.6. The van der Waals surface area contributed by atoms with Crippen molar-refractivity contribution < 1.29 is 0 Å². The molecule has 0 fully saturated rings. The van der Waals surface area contributed by atoms with Gasteiger partial charge in [-0.2, -0.15) is 0 Å². The molecule has 4 heteroatoms. The van der Waals surface area contributed by atoms with Crippen molar-refractivity contribution in [2.24, 2.45) is 5.18 Å². The highest BCUT2D eigenvalue weighted by atomic mass is 35.5. The van der Waals surface area contributed by atoms with Crippen LogP contribution < -0.4 is 5.32 Å². The van der Waals surface area contributed by atoms with E-state index < -0.39 is 0 Å². The zero-order valence-corrected chi connectivity index (χ0v) is 9.11. The molecule has 0 aliphatic rings. The molecule has 0 aliphatic carbocycles. The second kappa shape index (κ2) is 4.77. The van der Waals surface area contributed by atoms with E-state index in [0.29, 0.717) is 16.4 Å². The lowest BCUT2D eigenvalue weighted by atomic mass is 10.2. The number of hydrogen-bond acceptors (Lipinski definition) is 3. The summed E-state index contributed by atoms with van der Waals surface area (Å²) in [6, 6.07) is 14.3. The maximum Gasteiger partial charge on any atom is 0.131 e. The van der Waals surface area contributed by atoms with Crippen molar-refractivity contribution in [2.75, 3.05) is 5.32 Å². The molecule has 0 atom stereocenters. The molecular weight excluding hydrogens is 224 g/mol. The highest BCUT2D eigenvalue weighted by Crippen LogP contribution is 2.30. The van der Waals surface area contributed by atoms with Crippen LogP contribution in [-0.4, -0.2) is 0 Å². The van der Waals surface area contributed by atoms with Crippen LogP contribution in [0.2, 0.25) is 5.02 Å². The van der Waals surface area contributed by atoms with Crippen LogP contribution in [0.5, 0.6) is 0 Å². The minimum atomic E-state index is 0.363. The van der Waals surface area contributed by atoms with E-state index in [1.54, 1.807) is 24.3 Å². The molecule has 80 valence electrons. The fraction of sp³-hybridized carbons (Fsp3) is 0. The van der Waals surface area contributed by atoms with E-state index in [4.69, 9.17) is 11.6 Å². The lowest BCUT2D eigenvalue weighted by Crippen LogP contribution is -1.90. The lowest BCUT2D eigenvalue weighted by molar-refractivity contribution is 1.46. The van der Waals surface area contributed by atoms with Crippen molar-refractivity contribution in [1.29, 1.82) is 0 Å². The van der Waals surface area contributed by atoms with Crippen molar-refractivity contribution in [2.45, 2.75) is 0 Å². The summed E-state index contributed by atoms with van der Waals surface area (Å²) in [5.41, 5.74) is 1.76. The Balaban J connectivity index is 2.34. The third kappa shape index (κ3) is 2.20. The fourth-order valence-corrected chi connectivity index (χ4v) is 1.55. The van der Waals surface area contributed by atoms with Gasteiger partial charge in [0.2, 0.25) is 0 Å². The molecule has 0 amide bonds. The first-order valence-corrected chi connectivity index (χ1v) is 5.13. The molecular formula is C12H9ClN2O. The Bertz CT molecular complexity index is 514. The summed E-state index contributed by atoms with van der Waals surface area (Å²) in [5, 5.41) is 6.61. The summed E-state index contributed by atoms with van der Waals surface area (Å²) < 4.78 is 0. The highest BCUT2D eigenvalue weighted by molar-refractivity contribution is 6.33. The summed E-state index contributed by atoms with van der Waals surface area (Å²) in [7, 11) is 0. The summed E-state index contributed by atoms with van der Waals surface area (Å²) in [6.45, 7) is 0. The molecule has 2 rings (SSSR count). The van der Waals surface area contributed by atoms with Gasteiger partial charge >= 0.3 is 0 Å². The number of hydrogen-bond donors (Lipinski definition) is 1. The molecule has 0 spiro atoms. The smallest absolute Gasteiger partial charge is 0.131 e. The van der Waals surface area contributed by atoms with Gasteiger partial charge in [-0.1, -0.05) is 35.9 Å². The van der Waals surface area contributed by atoms with Crippen LogP contribution >= 0.6 is 11.6 Å². The van der Waals surface area contributed by atoms with Crippen LogP contribution in [0.4, 0.5) is 17.1 Å². The number of anilines is 2. The van der Waals surface area contributed by atoms with E-state index in [0.717, 1.165) is 5.69 Å². The Morgan fingerprint density at radius 2 is 1.56 bits per heavy atom. The van der Waals surface area contributed by atoms with Gasteiger partial charge in [0.05, 0.1) is 16.4 Å². The van der Waals surface area contributed by atoms with Gasteiger partial charge in [0.15, 0.2) is 0 Å². The number of nitroso groups, excluding NO2 is 1. The van der Waals surface area contributed by atoms with Gasteiger partial charge in [-0.25, -0.2) is 0 Å². The SMILES string of the molecule is O=Nc1ccccc1Nc1ccccc1Cl. The van der Waals surface area contributed by atoms with Crippen molar-refractivity contribution in [3.8, 4) is 0 Å². The number of nitrogens with zero attached hydrogens (tertiary/aromatic N) is 1. The Morgan fingerprint density at radius 1 is 0.938 bits per heavy atom. The molecule has 2 aromatic carbocycles. The summed E-state index contributed by atoms with van der Waals surface area (Å²) in [4.78, 5) is 10.6. The molecule has 0 bridgehead atoms. The molecule has 0 radical (unpaired) electrons. The van der Waals surface area contributed by atoms with Gasteiger partial charge in [-0.3, -0.25) is 0 Å². The van der Waals surface area contributed by atoms with Crippen LogP contribution in [0.3, 0.4) is 0 Å². The van der Waals surface area contributed by atoms with E-state index in [1.165, 1.54) is 0 Å². The van der Waals surface area contributed by atoms with E-state index >= 15 is 0 Å². The van der Waals surface area contributed by atoms with Gasteiger partial charge in [-0.15, -0.1) is 4.91 Å². The van der Waals surface area contributed by atoms with Gasteiger partial charge in [0.1, 0.15) is 5.69 Å². The van der Waals surface area contributed by atoms with E-state index in [1.807, 2.05) is 24.3 Å². The summed E-state index contributed by atoms with van der Waals surface area (Å²) >= 11 is 6.00. The van der Waals surface area contributed by atoms with Crippen molar-refractivity contribution in [1.82, 2.24) is 0 Å². The average Bonchev–Trinajstić information content (AvgIpc) is 2.33. The molecule has 0 aromatic heterocycles. The number of para-hydroxylation sites is 2. The molecule has 1 N–H and O–H groups in total. The zero-order chi connectivity index (χ0) is 11.4.